The quantitative estimate of drug-likeness (QED) is 0.462. The molecule has 0 spiro atoms. The molecule has 3 amide bonds. The van der Waals surface area contributed by atoms with E-state index in [1.807, 2.05) is 0 Å². The van der Waals surface area contributed by atoms with E-state index < -0.39 is 21.8 Å². The van der Waals surface area contributed by atoms with Gasteiger partial charge in [-0.2, -0.15) is 5.10 Å². The number of hydrogen-bond donors (Lipinski definition) is 2. The van der Waals surface area contributed by atoms with E-state index in [9.17, 15) is 18.0 Å². The fraction of sp³-hybridized carbons (Fsp3) is 0.0556. The lowest BCUT2D eigenvalue weighted by Crippen LogP contribution is -2.34. The van der Waals surface area contributed by atoms with Crippen molar-refractivity contribution in [3.8, 4) is 5.69 Å². The van der Waals surface area contributed by atoms with Crippen LogP contribution in [-0.2, 0) is 9.84 Å². The number of fused-ring (bicyclic) bond motifs is 1. The zero-order valence-corrected chi connectivity index (χ0v) is 18.1. The molecule has 0 saturated heterocycles. The Morgan fingerprint density at radius 2 is 1.97 bits per heavy atom. The van der Waals surface area contributed by atoms with Crippen molar-refractivity contribution in [3.05, 3.63) is 59.6 Å². The summed E-state index contributed by atoms with van der Waals surface area (Å²) < 4.78 is 25.4. The Balaban J connectivity index is 1.50. The van der Waals surface area contributed by atoms with E-state index in [1.165, 1.54) is 41.6 Å². The second-order valence-corrected chi connectivity index (χ2v) is 9.79. The molecule has 0 unspecified atom stereocenters. The number of nitrogens with one attached hydrogen (secondary N) is 2. The summed E-state index contributed by atoms with van der Waals surface area (Å²) in [6.07, 6.45) is 3.91. The van der Waals surface area contributed by atoms with Crippen molar-refractivity contribution in [2.75, 3.05) is 11.6 Å². The monoisotopic (exact) mass is 476 g/mol. The highest BCUT2D eigenvalue weighted by Crippen LogP contribution is 2.28. The zero-order valence-electron chi connectivity index (χ0n) is 15.7. The number of urea groups is 1. The fourth-order valence-electron chi connectivity index (χ4n) is 2.66. The van der Waals surface area contributed by atoms with Crippen LogP contribution in [-0.4, -0.2) is 46.4 Å². The van der Waals surface area contributed by atoms with Gasteiger partial charge in [-0.25, -0.2) is 27.9 Å². The Bertz CT molecular complexity index is 1420. The molecule has 2 N–H and O–H groups in total. The van der Waals surface area contributed by atoms with Gasteiger partial charge in [0.1, 0.15) is 12.7 Å². The van der Waals surface area contributed by atoms with Crippen molar-refractivity contribution < 1.29 is 18.0 Å². The summed E-state index contributed by atoms with van der Waals surface area (Å²) in [5.74, 6) is -0.718. The van der Waals surface area contributed by atoms with E-state index in [1.54, 1.807) is 12.1 Å². The average Bonchev–Trinajstić information content (AvgIpc) is 3.36. The normalized spacial score (nSPS) is 11.4. The first-order valence-electron chi connectivity index (χ1n) is 8.58. The van der Waals surface area contributed by atoms with Crippen LogP contribution < -0.4 is 10.6 Å². The summed E-state index contributed by atoms with van der Waals surface area (Å²) in [5, 5.41) is 9.00. The molecule has 10 nitrogen and oxygen atoms in total. The predicted octanol–water partition coefficient (Wildman–Crippen LogP) is 2.90. The number of hydrogen-bond acceptors (Lipinski definition) is 8. The van der Waals surface area contributed by atoms with Crippen LogP contribution in [0.3, 0.4) is 0 Å². The number of anilines is 1. The first kappa shape index (κ1) is 20.9. The lowest BCUT2D eigenvalue weighted by atomic mass is 10.2. The third-order valence-electron chi connectivity index (χ3n) is 4.11. The fourth-order valence-corrected chi connectivity index (χ4v) is 4.48. The molecule has 0 saturated carbocycles. The number of sulfone groups is 1. The number of thiazole rings is 1. The summed E-state index contributed by atoms with van der Waals surface area (Å²) in [5.41, 5.74) is 1.13. The molecule has 4 rings (SSSR count). The number of rotatable bonds is 4. The lowest BCUT2D eigenvalue weighted by molar-refractivity contribution is 0.0967. The van der Waals surface area contributed by atoms with E-state index >= 15 is 0 Å². The molecule has 0 atom stereocenters. The number of halogens is 1. The van der Waals surface area contributed by atoms with Gasteiger partial charge in [-0.1, -0.05) is 22.9 Å². The van der Waals surface area contributed by atoms with Crippen LogP contribution >= 0.6 is 22.9 Å². The molecule has 0 aliphatic carbocycles. The molecule has 0 aliphatic rings. The van der Waals surface area contributed by atoms with Crippen molar-refractivity contribution in [1.82, 2.24) is 25.1 Å². The van der Waals surface area contributed by atoms with Gasteiger partial charge in [-0.3, -0.25) is 15.4 Å². The highest BCUT2D eigenvalue weighted by molar-refractivity contribution is 7.90. The standard InChI is InChI=1S/C18H13ClN6O4S2/c1-31(28,29)11-3-5-14-15(7-11)30-18(22-14)24-17(27)23-16(26)12-6-10(2-4-13(12)19)25-9-20-8-21-25/h2-9H,1H3,(H2,22,23,24,26,27). The highest BCUT2D eigenvalue weighted by Gasteiger charge is 2.17. The predicted molar refractivity (Wildman–Crippen MR) is 116 cm³/mol. The molecule has 0 bridgehead atoms. The second-order valence-electron chi connectivity index (χ2n) is 6.33. The molecular formula is C18H13ClN6O4S2. The van der Waals surface area contributed by atoms with E-state index in [0.717, 1.165) is 17.6 Å². The summed E-state index contributed by atoms with van der Waals surface area (Å²) in [6.45, 7) is 0. The van der Waals surface area contributed by atoms with Gasteiger partial charge in [-0.05, 0) is 36.4 Å². The second kappa shape index (κ2) is 8.06. The molecule has 0 radical (unpaired) electrons. The van der Waals surface area contributed by atoms with Gasteiger partial charge in [-0.15, -0.1) is 0 Å². The maximum Gasteiger partial charge on any atom is 0.327 e. The van der Waals surface area contributed by atoms with Gasteiger partial charge < -0.3 is 0 Å². The number of benzene rings is 2. The Hall–Kier alpha value is -3.35. The van der Waals surface area contributed by atoms with Crippen molar-refractivity contribution in [2.45, 2.75) is 4.90 Å². The average molecular weight is 477 g/mol. The Morgan fingerprint density at radius 1 is 1.16 bits per heavy atom. The minimum atomic E-state index is -3.37. The first-order valence-corrected chi connectivity index (χ1v) is 11.7. The van der Waals surface area contributed by atoms with E-state index in [2.05, 4.69) is 25.7 Å². The minimum absolute atomic E-state index is 0.0758. The van der Waals surface area contributed by atoms with Crippen LogP contribution in [0.4, 0.5) is 9.93 Å². The summed E-state index contributed by atoms with van der Waals surface area (Å²) in [7, 11) is -3.37. The zero-order chi connectivity index (χ0) is 22.2. The third-order valence-corrected chi connectivity index (χ3v) is 6.49. The molecule has 4 aromatic rings. The summed E-state index contributed by atoms with van der Waals surface area (Å²) >= 11 is 7.18. The molecule has 31 heavy (non-hydrogen) atoms. The van der Waals surface area contributed by atoms with E-state index in [4.69, 9.17) is 11.6 Å². The highest BCUT2D eigenvalue weighted by atomic mass is 35.5. The Labute approximate surface area is 184 Å². The Morgan fingerprint density at radius 3 is 2.68 bits per heavy atom. The molecule has 0 fully saturated rings. The van der Waals surface area contributed by atoms with Crippen molar-refractivity contribution in [1.29, 1.82) is 0 Å². The smallest absolute Gasteiger partial charge is 0.283 e. The lowest BCUT2D eigenvalue weighted by Gasteiger charge is -2.08. The van der Waals surface area contributed by atoms with Crippen LogP contribution in [0.25, 0.3) is 15.9 Å². The van der Waals surface area contributed by atoms with Gasteiger partial charge in [0.2, 0.25) is 0 Å². The van der Waals surface area contributed by atoms with Crippen LogP contribution in [0.1, 0.15) is 10.4 Å². The first-order chi connectivity index (χ1) is 14.7. The van der Waals surface area contributed by atoms with Gasteiger partial charge in [0.05, 0.1) is 31.4 Å². The summed E-state index contributed by atoms with van der Waals surface area (Å²) in [4.78, 5) is 33.0. The summed E-state index contributed by atoms with van der Waals surface area (Å²) in [6, 6.07) is 8.30. The third kappa shape index (κ3) is 4.55. The van der Waals surface area contributed by atoms with E-state index in [0.29, 0.717) is 15.9 Å². The maximum absolute atomic E-state index is 12.5. The number of carbonyl (C=O) groups is 2. The molecule has 0 aliphatic heterocycles. The molecule has 2 aromatic carbocycles. The number of amides is 3. The minimum Gasteiger partial charge on any atom is -0.283 e. The van der Waals surface area contributed by atoms with Crippen molar-refractivity contribution in [2.24, 2.45) is 0 Å². The number of imide groups is 1. The van der Waals surface area contributed by atoms with Gasteiger partial charge in [0.15, 0.2) is 15.0 Å². The Kier molecular flexibility index (Phi) is 5.43. The van der Waals surface area contributed by atoms with Crippen LogP contribution in [0.15, 0.2) is 53.9 Å². The van der Waals surface area contributed by atoms with Crippen LogP contribution in [0.5, 0.6) is 0 Å². The van der Waals surface area contributed by atoms with Gasteiger partial charge >= 0.3 is 6.03 Å². The topological polar surface area (TPSA) is 136 Å². The molecule has 2 heterocycles. The molecular weight excluding hydrogens is 464 g/mol. The number of aromatic nitrogens is 4. The molecule has 158 valence electrons. The van der Waals surface area contributed by atoms with E-state index in [-0.39, 0.29) is 20.6 Å². The van der Waals surface area contributed by atoms with Crippen molar-refractivity contribution >= 4 is 60.1 Å². The number of nitrogens with zero attached hydrogens (tertiary/aromatic N) is 4. The van der Waals surface area contributed by atoms with Gasteiger partial charge in [0, 0.05) is 6.26 Å². The van der Waals surface area contributed by atoms with Crippen LogP contribution in [0.2, 0.25) is 5.02 Å². The van der Waals surface area contributed by atoms with Gasteiger partial charge in [0.25, 0.3) is 5.91 Å². The largest absolute Gasteiger partial charge is 0.327 e. The molecule has 2 aromatic heterocycles. The molecule has 13 heteroatoms. The maximum atomic E-state index is 12.5. The van der Waals surface area contributed by atoms with Crippen LogP contribution in [0, 0.1) is 0 Å². The SMILES string of the molecule is CS(=O)(=O)c1ccc2nc(NC(=O)NC(=O)c3cc(-n4cncn4)ccc3Cl)sc2c1. The number of carbonyl (C=O) groups excluding carboxylic acids is 2. The van der Waals surface area contributed by atoms with Crippen molar-refractivity contribution in [3.63, 3.8) is 0 Å².